The van der Waals surface area contributed by atoms with Gasteiger partial charge in [-0.3, -0.25) is 0 Å². The Morgan fingerprint density at radius 2 is 1.90 bits per heavy atom. The highest BCUT2D eigenvalue weighted by Crippen LogP contribution is 2.36. The third-order valence-corrected chi connectivity index (χ3v) is 4.36. The first-order valence-corrected chi connectivity index (χ1v) is 7.73. The van der Waals surface area contributed by atoms with Crippen molar-refractivity contribution in [1.29, 1.82) is 0 Å². The minimum Gasteiger partial charge on any atom is -0.338 e. The van der Waals surface area contributed by atoms with Crippen molar-refractivity contribution in [3.05, 3.63) is 41.0 Å². The van der Waals surface area contributed by atoms with Gasteiger partial charge in [-0.2, -0.15) is 4.98 Å². The number of aromatic nitrogens is 2. The second kappa shape index (κ2) is 5.60. The monoisotopic (exact) mass is 290 g/mol. The third kappa shape index (κ3) is 3.42. The molecule has 0 fully saturated rings. The molecular weight excluding hydrogens is 268 g/mol. The molecule has 1 aromatic carbocycles. The molecule has 0 saturated carbocycles. The van der Waals surface area contributed by atoms with Gasteiger partial charge in [0.1, 0.15) is 0 Å². The lowest BCUT2D eigenvalue weighted by molar-refractivity contribution is 0.364. The van der Waals surface area contributed by atoms with Gasteiger partial charge in [0.15, 0.2) is 5.82 Å². The summed E-state index contributed by atoms with van der Waals surface area (Å²) in [5, 5.41) is 4.24. The van der Waals surface area contributed by atoms with Crippen LogP contribution in [0.5, 0.6) is 0 Å². The van der Waals surface area contributed by atoms with E-state index in [9.17, 15) is 0 Å². The van der Waals surface area contributed by atoms with Gasteiger partial charge < -0.3 is 4.52 Å². The van der Waals surface area contributed by atoms with E-state index in [-0.39, 0.29) is 10.7 Å². The van der Waals surface area contributed by atoms with Crippen molar-refractivity contribution < 1.29 is 4.52 Å². The molecule has 4 heteroatoms. The quantitative estimate of drug-likeness (QED) is 0.758. The Morgan fingerprint density at radius 3 is 2.45 bits per heavy atom. The molecule has 3 nitrogen and oxygen atoms in total. The van der Waals surface area contributed by atoms with Crippen LogP contribution >= 0.6 is 11.8 Å². The third-order valence-electron chi connectivity index (χ3n) is 3.09. The Labute approximate surface area is 125 Å². The number of nitrogens with zero attached hydrogens (tertiary/aromatic N) is 2. The largest absolute Gasteiger partial charge is 0.338 e. The normalized spacial score (nSPS) is 13.5. The van der Waals surface area contributed by atoms with E-state index in [1.54, 1.807) is 11.8 Å². The van der Waals surface area contributed by atoms with E-state index in [1.807, 2.05) is 0 Å². The van der Waals surface area contributed by atoms with Gasteiger partial charge in [-0.15, -0.1) is 11.8 Å². The van der Waals surface area contributed by atoms with Crippen molar-refractivity contribution in [2.45, 2.75) is 57.1 Å². The minimum absolute atomic E-state index is 0.0775. The summed E-state index contributed by atoms with van der Waals surface area (Å²) >= 11 is 1.76. The van der Waals surface area contributed by atoms with Crippen LogP contribution in [0.15, 0.2) is 27.6 Å². The maximum Gasteiger partial charge on any atom is 0.239 e. The van der Waals surface area contributed by atoms with E-state index in [0.717, 1.165) is 5.82 Å². The zero-order chi connectivity index (χ0) is 14.9. The number of rotatable bonds is 3. The fourth-order valence-corrected chi connectivity index (χ4v) is 2.85. The fraction of sp³-hybridized carbons (Fsp3) is 0.500. The van der Waals surface area contributed by atoms with Gasteiger partial charge in [-0.05, 0) is 32.4 Å². The second-order valence-corrected chi connectivity index (χ2v) is 7.62. The minimum atomic E-state index is -0.0775. The van der Waals surface area contributed by atoms with Crippen LogP contribution in [-0.4, -0.2) is 10.1 Å². The van der Waals surface area contributed by atoms with Crippen LogP contribution in [0.1, 0.15) is 55.8 Å². The SMILES string of the molecule is Cc1ccc(SC(C)c2nc(C(C)(C)C)no2)c(C)c1. The van der Waals surface area contributed by atoms with Crippen molar-refractivity contribution in [2.75, 3.05) is 0 Å². The summed E-state index contributed by atoms with van der Waals surface area (Å²) in [6, 6.07) is 6.49. The summed E-state index contributed by atoms with van der Waals surface area (Å²) in [4.78, 5) is 5.79. The fourth-order valence-electron chi connectivity index (χ4n) is 1.88. The van der Waals surface area contributed by atoms with Crippen molar-refractivity contribution in [3.8, 4) is 0 Å². The molecule has 0 bridgehead atoms. The van der Waals surface area contributed by atoms with Crippen LogP contribution in [0.3, 0.4) is 0 Å². The maximum absolute atomic E-state index is 5.41. The molecule has 0 radical (unpaired) electrons. The molecule has 0 aliphatic rings. The molecular formula is C16H22N2OS. The molecule has 1 atom stereocenters. The van der Waals surface area contributed by atoms with Gasteiger partial charge in [0, 0.05) is 10.3 Å². The molecule has 1 heterocycles. The average molecular weight is 290 g/mol. The van der Waals surface area contributed by atoms with Crippen molar-refractivity contribution in [3.63, 3.8) is 0 Å². The maximum atomic E-state index is 5.41. The molecule has 0 aliphatic heterocycles. The van der Waals surface area contributed by atoms with E-state index in [4.69, 9.17) is 4.52 Å². The first kappa shape index (κ1) is 15.1. The van der Waals surface area contributed by atoms with Crippen LogP contribution in [-0.2, 0) is 5.41 Å². The summed E-state index contributed by atoms with van der Waals surface area (Å²) in [6.45, 7) is 12.6. The highest BCUT2D eigenvalue weighted by molar-refractivity contribution is 7.99. The van der Waals surface area contributed by atoms with Crippen molar-refractivity contribution in [1.82, 2.24) is 10.1 Å². The number of thioether (sulfide) groups is 1. The summed E-state index contributed by atoms with van der Waals surface area (Å²) in [7, 11) is 0. The molecule has 1 unspecified atom stereocenters. The van der Waals surface area contributed by atoms with Crippen LogP contribution in [0.25, 0.3) is 0 Å². The molecule has 0 spiro atoms. The molecule has 1 aromatic heterocycles. The van der Waals surface area contributed by atoms with Crippen LogP contribution in [0.2, 0.25) is 0 Å². The second-order valence-electron chi connectivity index (χ2n) is 6.24. The lowest BCUT2D eigenvalue weighted by Gasteiger charge is -2.12. The van der Waals surface area contributed by atoms with Gasteiger partial charge in [-0.25, -0.2) is 0 Å². The Morgan fingerprint density at radius 1 is 1.20 bits per heavy atom. The molecule has 0 saturated heterocycles. The number of hydrogen-bond acceptors (Lipinski definition) is 4. The molecule has 0 N–H and O–H groups in total. The van der Waals surface area contributed by atoms with Gasteiger partial charge >= 0.3 is 0 Å². The summed E-state index contributed by atoms with van der Waals surface area (Å²) in [6.07, 6.45) is 0. The summed E-state index contributed by atoms with van der Waals surface area (Å²) < 4.78 is 5.41. The van der Waals surface area contributed by atoms with Gasteiger partial charge in [0.05, 0.1) is 5.25 Å². The van der Waals surface area contributed by atoms with Crippen LogP contribution in [0, 0.1) is 13.8 Å². The molecule has 108 valence electrons. The van der Waals surface area contributed by atoms with Crippen molar-refractivity contribution in [2.24, 2.45) is 0 Å². The lowest BCUT2D eigenvalue weighted by atomic mass is 9.96. The van der Waals surface area contributed by atoms with Crippen LogP contribution < -0.4 is 0 Å². The zero-order valence-electron chi connectivity index (χ0n) is 13.0. The molecule has 2 aromatic rings. The average Bonchev–Trinajstić information content (AvgIpc) is 2.82. The summed E-state index contributed by atoms with van der Waals surface area (Å²) in [5.41, 5.74) is 2.50. The standard InChI is InChI=1S/C16H22N2OS/c1-10-7-8-13(11(2)9-10)20-12(3)14-17-15(18-19-14)16(4,5)6/h7-9,12H,1-6H3. The lowest BCUT2D eigenvalue weighted by Crippen LogP contribution is -2.13. The molecule has 2 rings (SSSR count). The number of hydrogen-bond donors (Lipinski definition) is 0. The van der Waals surface area contributed by atoms with Gasteiger partial charge in [0.2, 0.25) is 5.89 Å². The number of aryl methyl sites for hydroxylation is 2. The highest BCUT2D eigenvalue weighted by atomic mass is 32.2. The first-order chi connectivity index (χ1) is 9.27. The van der Waals surface area contributed by atoms with Crippen molar-refractivity contribution >= 4 is 11.8 Å². The Kier molecular flexibility index (Phi) is 4.23. The zero-order valence-corrected chi connectivity index (χ0v) is 13.8. The smallest absolute Gasteiger partial charge is 0.239 e. The Balaban J connectivity index is 2.16. The van der Waals surface area contributed by atoms with E-state index in [1.165, 1.54) is 16.0 Å². The Hall–Kier alpha value is -1.29. The first-order valence-electron chi connectivity index (χ1n) is 6.85. The van der Waals surface area contributed by atoms with Gasteiger partial charge in [-0.1, -0.05) is 43.6 Å². The van der Waals surface area contributed by atoms with Crippen LogP contribution in [0.4, 0.5) is 0 Å². The highest BCUT2D eigenvalue weighted by Gasteiger charge is 2.23. The van der Waals surface area contributed by atoms with Gasteiger partial charge in [0.25, 0.3) is 0 Å². The van der Waals surface area contributed by atoms with E-state index >= 15 is 0 Å². The topological polar surface area (TPSA) is 38.9 Å². The molecule has 20 heavy (non-hydrogen) atoms. The number of benzene rings is 1. The molecule has 0 amide bonds. The summed E-state index contributed by atoms with van der Waals surface area (Å²) in [5.74, 6) is 1.46. The van der Waals surface area contributed by atoms with E-state index < -0.39 is 0 Å². The van der Waals surface area contributed by atoms with E-state index in [2.05, 4.69) is 69.9 Å². The molecule has 0 aliphatic carbocycles. The predicted octanol–water partition coefficient (Wildman–Crippen LogP) is 4.84. The van der Waals surface area contributed by atoms with E-state index in [0.29, 0.717) is 5.89 Å². The Bertz CT molecular complexity index is 599. The predicted molar refractivity (Wildman–Crippen MR) is 83.2 cm³/mol.